The van der Waals surface area contributed by atoms with E-state index in [9.17, 15) is 13.2 Å². The lowest BCUT2D eigenvalue weighted by molar-refractivity contribution is -0.140. The average molecular weight is 519 g/mol. The highest BCUT2D eigenvalue weighted by atomic mass is 127. The molecule has 0 atom stereocenters. The molecule has 0 aliphatic heterocycles. The minimum atomic E-state index is -4.40. The number of aromatic nitrogens is 2. The van der Waals surface area contributed by atoms with Gasteiger partial charge >= 0.3 is 6.18 Å². The molecule has 26 heavy (non-hydrogen) atoms. The molecule has 0 aliphatic rings. The van der Waals surface area contributed by atoms with Gasteiger partial charge in [-0.15, -0.1) is 46.7 Å². The second-order valence-corrected chi connectivity index (χ2v) is 7.20. The Morgan fingerprint density at radius 2 is 1.85 bits per heavy atom. The molecule has 0 radical (unpaired) electrons. The molecule has 0 amide bonds. The zero-order valence-electron chi connectivity index (χ0n) is 14.4. The van der Waals surface area contributed by atoms with Crippen LogP contribution >= 0.6 is 46.7 Å². The molecule has 2 N–H and O–H groups in total. The van der Waals surface area contributed by atoms with Crippen molar-refractivity contribution in [3.63, 3.8) is 0 Å². The number of aryl methyl sites for hydroxylation is 2. The molecular weight excluding hydrogens is 498 g/mol. The van der Waals surface area contributed by atoms with Crippen molar-refractivity contribution in [1.82, 2.24) is 20.6 Å². The number of hydrogen-bond acceptors (Lipinski definition) is 5. The molecule has 5 nitrogen and oxygen atoms in total. The highest BCUT2D eigenvalue weighted by Gasteiger charge is 2.33. The number of thiazole rings is 2. The zero-order valence-corrected chi connectivity index (χ0v) is 18.4. The smallest absolute Gasteiger partial charge is 0.356 e. The average Bonchev–Trinajstić information content (AvgIpc) is 3.18. The number of unbranched alkanes of at least 4 members (excludes halogenated alkanes) is 1. The van der Waals surface area contributed by atoms with Gasteiger partial charge in [-0.3, -0.25) is 4.99 Å². The van der Waals surface area contributed by atoms with Crippen LogP contribution in [0.25, 0.3) is 0 Å². The second-order valence-electron chi connectivity index (χ2n) is 5.32. The number of nitrogens with one attached hydrogen (secondary N) is 2. The summed E-state index contributed by atoms with van der Waals surface area (Å²) in [6.45, 7) is 2.92. The molecule has 2 aromatic rings. The van der Waals surface area contributed by atoms with Crippen molar-refractivity contribution < 1.29 is 13.2 Å². The van der Waals surface area contributed by atoms with Crippen molar-refractivity contribution >= 4 is 52.6 Å². The van der Waals surface area contributed by atoms with Crippen molar-refractivity contribution in [3.05, 3.63) is 32.2 Å². The van der Waals surface area contributed by atoms with Gasteiger partial charge in [-0.05, 0) is 26.2 Å². The van der Waals surface area contributed by atoms with E-state index in [0.717, 1.165) is 53.2 Å². The molecule has 2 rings (SSSR count). The fraction of sp³-hybridized carbons (Fsp3) is 0.533. The second kappa shape index (κ2) is 11.0. The summed E-state index contributed by atoms with van der Waals surface area (Å²) in [5.41, 5.74) is 0.202. The minimum Gasteiger partial charge on any atom is -0.356 e. The van der Waals surface area contributed by atoms with Gasteiger partial charge in [0.05, 0.1) is 11.6 Å². The van der Waals surface area contributed by atoms with E-state index in [1.54, 1.807) is 18.4 Å². The summed E-state index contributed by atoms with van der Waals surface area (Å²) in [4.78, 5) is 12.1. The fourth-order valence-corrected chi connectivity index (χ4v) is 3.59. The molecule has 0 saturated heterocycles. The Bertz CT molecular complexity index is 700. The molecular formula is C15H21F3IN5S2. The third-order valence-corrected chi connectivity index (χ3v) is 5.12. The predicted molar refractivity (Wildman–Crippen MR) is 111 cm³/mol. The molecule has 2 aromatic heterocycles. The third-order valence-electron chi connectivity index (χ3n) is 3.25. The molecule has 146 valence electrons. The molecule has 11 heteroatoms. The molecule has 0 saturated carbocycles. The van der Waals surface area contributed by atoms with E-state index in [-0.39, 0.29) is 30.5 Å². The molecule has 0 aromatic carbocycles. The summed E-state index contributed by atoms with van der Waals surface area (Å²) in [5.74, 6) is 0.550. The topological polar surface area (TPSA) is 62.2 Å². The number of guanidine groups is 1. The maximum atomic E-state index is 12.5. The standard InChI is InChI=1S/C15H20F3N5S2.HI/c1-10-8-24-12(22-10)5-3-4-6-20-14(19-2)21-7-13-23-11(9-25-13)15(16,17)18;/h8-9H,3-7H2,1-2H3,(H2,19,20,21);1H. The number of aliphatic imine (C=N–C) groups is 1. The molecule has 0 unspecified atom stereocenters. The van der Waals surface area contributed by atoms with Crippen LogP contribution in [0, 0.1) is 6.92 Å². The summed E-state index contributed by atoms with van der Waals surface area (Å²) in [6.07, 6.45) is -1.48. The first-order chi connectivity index (χ1) is 11.9. The van der Waals surface area contributed by atoms with Crippen LogP contribution in [0.2, 0.25) is 0 Å². The summed E-state index contributed by atoms with van der Waals surface area (Å²) < 4.78 is 37.5. The molecule has 0 aliphatic carbocycles. The van der Waals surface area contributed by atoms with Gasteiger partial charge in [0.2, 0.25) is 0 Å². The number of nitrogens with zero attached hydrogens (tertiary/aromatic N) is 3. The Kier molecular flexibility index (Phi) is 9.79. The quantitative estimate of drug-likeness (QED) is 0.249. The Hall–Kier alpha value is -0.950. The van der Waals surface area contributed by atoms with E-state index >= 15 is 0 Å². The van der Waals surface area contributed by atoms with E-state index in [0.29, 0.717) is 11.0 Å². The first-order valence-electron chi connectivity index (χ1n) is 7.75. The van der Waals surface area contributed by atoms with Crippen LogP contribution in [0.3, 0.4) is 0 Å². The lowest BCUT2D eigenvalue weighted by Crippen LogP contribution is -2.37. The first kappa shape index (κ1) is 23.1. The molecule has 0 bridgehead atoms. The summed E-state index contributed by atoms with van der Waals surface area (Å²) in [7, 11) is 1.62. The van der Waals surface area contributed by atoms with Gasteiger partial charge in [0.15, 0.2) is 11.7 Å². The van der Waals surface area contributed by atoms with Crippen molar-refractivity contribution in [2.24, 2.45) is 4.99 Å². The maximum Gasteiger partial charge on any atom is 0.434 e. The van der Waals surface area contributed by atoms with Crippen LogP contribution in [0.1, 0.15) is 34.2 Å². The monoisotopic (exact) mass is 519 g/mol. The van der Waals surface area contributed by atoms with Gasteiger partial charge in [0.25, 0.3) is 0 Å². The van der Waals surface area contributed by atoms with Crippen LogP contribution < -0.4 is 10.6 Å². The van der Waals surface area contributed by atoms with Crippen molar-refractivity contribution in [3.8, 4) is 0 Å². The normalized spacial score (nSPS) is 12.0. The van der Waals surface area contributed by atoms with Gasteiger partial charge < -0.3 is 10.6 Å². The van der Waals surface area contributed by atoms with Gasteiger partial charge in [0.1, 0.15) is 5.01 Å². The van der Waals surface area contributed by atoms with Gasteiger partial charge in [0, 0.05) is 30.0 Å². The predicted octanol–water partition coefficient (Wildman–Crippen LogP) is 4.23. The number of alkyl halides is 3. The Labute approximate surface area is 175 Å². The van der Waals surface area contributed by atoms with E-state index in [1.807, 2.05) is 12.3 Å². The van der Waals surface area contributed by atoms with Gasteiger partial charge in [-0.25, -0.2) is 9.97 Å². The van der Waals surface area contributed by atoms with Crippen LogP contribution in [0.4, 0.5) is 13.2 Å². The molecule has 0 fully saturated rings. The van der Waals surface area contributed by atoms with Gasteiger partial charge in [-0.2, -0.15) is 13.2 Å². The van der Waals surface area contributed by atoms with E-state index in [4.69, 9.17) is 0 Å². The summed E-state index contributed by atoms with van der Waals surface area (Å²) in [5, 5.41) is 10.7. The minimum absolute atomic E-state index is 0. The first-order valence-corrected chi connectivity index (χ1v) is 9.51. The van der Waals surface area contributed by atoms with E-state index in [2.05, 4.69) is 25.6 Å². The highest BCUT2D eigenvalue weighted by Crippen LogP contribution is 2.29. The number of rotatable bonds is 7. The van der Waals surface area contributed by atoms with Crippen molar-refractivity contribution in [2.75, 3.05) is 13.6 Å². The summed E-state index contributed by atoms with van der Waals surface area (Å²) in [6, 6.07) is 0. The van der Waals surface area contributed by atoms with E-state index in [1.165, 1.54) is 0 Å². The molecule has 0 spiro atoms. The van der Waals surface area contributed by atoms with Crippen LogP contribution in [-0.2, 0) is 19.1 Å². The lowest BCUT2D eigenvalue weighted by Gasteiger charge is -2.10. The van der Waals surface area contributed by atoms with Crippen molar-refractivity contribution in [2.45, 2.75) is 38.9 Å². The van der Waals surface area contributed by atoms with Gasteiger partial charge in [-0.1, -0.05) is 0 Å². The SMILES string of the molecule is CN=C(NCCCCc1nc(C)cs1)NCc1nc(C(F)(F)F)cs1.I. The van der Waals surface area contributed by atoms with Crippen molar-refractivity contribution in [1.29, 1.82) is 0 Å². The Morgan fingerprint density at radius 1 is 1.12 bits per heavy atom. The number of halogens is 4. The van der Waals surface area contributed by atoms with E-state index < -0.39 is 11.9 Å². The largest absolute Gasteiger partial charge is 0.434 e. The Balaban J connectivity index is 0.00000338. The highest BCUT2D eigenvalue weighted by molar-refractivity contribution is 14.0. The zero-order chi connectivity index (χ0) is 18.3. The lowest BCUT2D eigenvalue weighted by atomic mass is 10.2. The Morgan fingerprint density at radius 3 is 2.42 bits per heavy atom. The van der Waals surface area contributed by atoms with Crippen LogP contribution in [-0.4, -0.2) is 29.5 Å². The summed E-state index contributed by atoms with van der Waals surface area (Å²) >= 11 is 2.65. The number of hydrogen-bond donors (Lipinski definition) is 2. The third kappa shape index (κ3) is 7.74. The van der Waals surface area contributed by atoms with Crippen LogP contribution in [0.15, 0.2) is 15.8 Å². The molecule has 2 heterocycles. The van der Waals surface area contributed by atoms with Crippen LogP contribution in [0.5, 0.6) is 0 Å². The fourth-order valence-electron chi connectivity index (χ4n) is 2.03. The maximum absolute atomic E-state index is 12.5.